The number of anilines is 1. The Hall–Kier alpha value is -2.30. The van der Waals surface area contributed by atoms with Gasteiger partial charge in [-0.25, -0.2) is 9.69 Å². The number of nitrogens with zero attached hydrogens (tertiary/aromatic N) is 2. The number of fused-ring (bicyclic) bond motifs is 1. The number of halogens is 5. The van der Waals surface area contributed by atoms with Crippen LogP contribution < -0.4 is 4.90 Å². The SMILES string of the molecule is O=C1N(C(F)(F)F)c2ccccc2C(F)(F)N1C#CC1CC1. The number of hydrogen-bond donors (Lipinski definition) is 0. The van der Waals surface area contributed by atoms with Gasteiger partial charge in [0.15, 0.2) is 0 Å². The molecule has 8 heteroatoms. The molecule has 0 atom stereocenters. The van der Waals surface area contributed by atoms with E-state index in [9.17, 15) is 26.7 Å². The molecule has 3 rings (SSSR count). The fourth-order valence-electron chi connectivity index (χ4n) is 2.11. The topological polar surface area (TPSA) is 23.6 Å². The lowest BCUT2D eigenvalue weighted by Crippen LogP contribution is -2.57. The van der Waals surface area contributed by atoms with Gasteiger partial charge in [-0.2, -0.15) is 13.7 Å². The second-order valence-electron chi connectivity index (χ2n) is 5.01. The molecule has 0 unspecified atom stereocenters. The summed E-state index contributed by atoms with van der Waals surface area (Å²) in [6.07, 6.45) is -3.73. The Balaban J connectivity index is 2.15. The van der Waals surface area contributed by atoms with Crippen molar-refractivity contribution in [2.24, 2.45) is 5.92 Å². The number of hydrogen-bond acceptors (Lipinski definition) is 1. The zero-order chi connectivity index (χ0) is 16.1. The normalized spacial score (nSPS) is 20.3. The number of para-hydroxylation sites is 1. The fourth-order valence-corrected chi connectivity index (χ4v) is 2.11. The molecule has 1 aromatic rings. The number of benzene rings is 1. The zero-order valence-electron chi connectivity index (χ0n) is 11.0. The van der Waals surface area contributed by atoms with Crippen LogP contribution >= 0.6 is 0 Å². The van der Waals surface area contributed by atoms with Gasteiger partial charge in [0.1, 0.15) is 0 Å². The molecule has 2 aliphatic rings. The predicted molar refractivity (Wildman–Crippen MR) is 66.6 cm³/mol. The molecular weight excluding hydrogens is 307 g/mol. The van der Waals surface area contributed by atoms with Crippen LogP contribution in [0.1, 0.15) is 18.4 Å². The van der Waals surface area contributed by atoms with E-state index in [2.05, 4.69) is 5.92 Å². The van der Waals surface area contributed by atoms with Crippen molar-refractivity contribution >= 4 is 11.7 Å². The van der Waals surface area contributed by atoms with Crippen molar-refractivity contribution in [3.8, 4) is 12.0 Å². The number of amides is 2. The highest BCUT2D eigenvalue weighted by Gasteiger charge is 2.57. The predicted octanol–water partition coefficient (Wildman–Crippen LogP) is 3.87. The van der Waals surface area contributed by atoms with E-state index in [1.165, 1.54) is 6.07 Å². The Morgan fingerprint density at radius 3 is 2.41 bits per heavy atom. The van der Waals surface area contributed by atoms with E-state index in [1.807, 2.05) is 6.04 Å². The standard InChI is InChI=1S/C14H9F5N2O/c15-13(16)10-3-1-2-4-11(10)21(14(17,18)19)12(22)20(13)8-7-9-5-6-9/h1-4,9H,5-6H2. The molecule has 1 aliphatic heterocycles. The van der Waals surface area contributed by atoms with Crippen LogP contribution in [0.25, 0.3) is 0 Å². The molecule has 0 aromatic heterocycles. The van der Waals surface area contributed by atoms with Crippen LogP contribution in [0.15, 0.2) is 24.3 Å². The summed E-state index contributed by atoms with van der Waals surface area (Å²) < 4.78 is 68.0. The maximum atomic E-state index is 14.4. The summed E-state index contributed by atoms with van der Waals surface area (Å²) in [5, 5.41) is 0. The van der Waals surface area contributed by atoms with E-state index in [1.54, 1.807) is 0 Å². The summed E-state index contributed by atoms with van der Waals surface area (Å²) in [6, 6.07) is 0.121. The summed E-state index contributed by atoms with van der Waals surface area (Å²) in [6.45, 7) is 0. The van der Waals surface area contributed by atoms with Crippen LogP contribution in [0.3, 0.4) is 0 Å². The van der Waals surface area contributed by atoms with Crippen LogP contribution in [-0.2, 0) is 6.05 Å². The van der Waals surface area contributed by atoms with Gasteiger partial charge in [-0.15, -0.1) is 13.2 Å². The van der Waals surface area contributed by atoms with Crippen LogP contribution in [0.4, 0.5) is 32.4 Å². The van der Waals surface area contributed by atoms with Gasteiger partial charge in [0.05, 0.1) is 11.3 Å². The number of alkyl halides is 5. The minimum atomic E-state index is -5.12. The van der Waals surface area contributed by atoms with Crippen LogP contribution in [0.2, 0.25) is 0 Å². The van der Waals surface area contributed by atoms with E-state index >= 15 is 0 Å². The van der Waals surface area contributed by atoms with Gasteiger partial charge in [-0.05, 0) is 25.0 Å². The van der Waals surface area contributed by atoms with Gasteiger partial charge < -0.3 is 0 Å². The Labute approximate surface area is 122 Å². The first kappa shape index (κ1) is 14.6. The molecular formula is C14H9F5N2O. The van der Waals surface area contributed by atoms with Crippen molar-refractivity contribution in [2.45, 2.75) is 25.2 Å². The largest absolute Gasteiger partial charge is 0.493 e. The highest BCUT2D eigenvalue weighted by Crippen LogP contribution is 2.46. The monoisotopic (exact) mass is 316 g/mol. The van der Waals surface area contributed by atoms with Crippen LogP contribution in [-0.4, -0.2) is 17.2 Å². The lowest BCUT2D eigenvalue weighted by atomic mass is 10.1. The van der Waals surface area contributed by atoms with Gasteiger partial charge in [-0.1, -0.05) is 18.1 Å². The molecule has 0 radical (unpaired) electrons. The van der Waals surface area contributed by atoms with Gasteiger partial charge in [-0.3, -0.25) is 0 Å². The third kappa shape index (κ3) is 2.26. The molecule has 1 aliphatic carbocycles. The number of carbonyl (C=O) groups excluding carboxylic acids is 1. The van der Waals surface area contributed by atoms with E-state index in [0.717, 1.165) is 18.2 Å². The third-order valence-corrected chi connectivity index (χ3v) is 3.34. The molecule has 116 valence electrons. The van der Waals surface area contributed by atoms with E-state index in [0.29, 0.717) is 12.8 Å². The summed E-state index contributed by atoms with van der Waals surface area (Å²) in [5.41, 5.74) is -1.79. The molecule has 0 bridgehead atoms. The van der Waals surface area contributed by atoms with Gasteiger partial charge in [0.2, 0.25) is 0 Å². The smallest absolute Gasteiger partial charge is 0.246 e. The average Bonchev–Trinajstić information content (AvgIpc) is 3.21. The van der Waals surface area contributed by atoms with Crippen LogP contribution in [0.5, 0.6) is 0 Å². The first-order chi connectivity index (χ1) is 10.2. The first-order valence-electron chi connectivity index (χ1n) is 6.42. The summed E-state index contributed by atoms with van der Waals surface area (Å²) in [7, 11) is 0. The highest BCUT2D eigenvalue weighted by atomic mass is 19.4. The minimum absolute atomic E-state index is 0.139. The third-order valence-electron chi connectivity index (χ3n) is 3.34. The second-order valence-corrected chi connectivity index (χ2v) is 5.01. The van der Waals surface area contributed by atoms with Crippen molar-refractivity contribution in [3.05, 3.63) is 29.8 Å². The van der Waals surface area contributed by atoms with Crippen LogP contribution in [0, 0.1) is 17.9 Å². The lowest BCUT2D eigenvalue weighted by Gasteiger charge is -2.39. The molecule has 0 N–H and O–H groups in total. The molecule has 1 heterocycles. The molecule has 1 fully saturated rings. The fraction of sp³-hybridized carbons (Fsp3) is 0.357. The quantitative estimate of drug-likeness (QED) is 0.405. The Morgan fingerprint density at radius 2 is 1.82 bits per heavy atom. The molecule has 2 amide bonds. The lowest BCUT2D eigenvalue weighted by molar-refractivity contribution is -0.141. The minimum Gasteiger partial charge on any atom is -0.246 e. The second kappa shape index (κ2) is 4.60. The Kier molecular flexibility index (Phi) is 3.06. The molecule has 0 saturated heterocycles. The molecule has 3 nitrogen and oxygen atoms in total. The van der Waals surface area contributed by atoms with Crippen molar-refractivity contribution in [2.75, 3.05) is 4.90 Å². The Bertz CT molecular complexity index is 684. The maximum Gasteiger partial charge on any atom is 0.493 e. The Morgan fingerprint density at radius 1 is 1.18 bits per heavy atom. The number of urea groups is 1. The number of rotatable bonds is 0. The number of carbonyl (C=O) groups is 1. The zero-order valence-corrected chi connectivity index (χ0v) is 11.0. The maximum absolute atomic E-state index is 14.4. The van der Waals surface area contributed by atoms with E-state index in [4.69, 9.17) is 0 Å². The van der Waals surface area contributed by atoms with Crippen molar-refractivity contribution in [3.63, 3.8) is 0 Å². The van der Waals surface area contributed by atoms with E-state index in [-0.39, 0.29) is 10.8 Å². The van der Waals surface area contributed by atoms with Gasteiger partial charge >= 0.3 is 18.4 Å². The van der Waals surface area contributed by atoms with Crippen molar-refractivity contribution < 1.29 is 26.7 Å². The molecule has 1 aromatic carbocycles. The highest BCUT2D eigenvalue weighted by molar-refractivity contribution is 5.97. The van der Waals surface area contributed by atoms with E-state index < -0.39 is 34.5 Å². The summed E-state index contributed by atoms with van der Waals surface area (Å²) in [5.74, 6) is 2.26. The first-order valence-corrected chi connectivity index (χ1v) is 6.42. The summed E-state index contributed by atoms with van der Waals surface area (Å²) >= 11 is 0. The summed E-state index contributed by atoms with van der Waals surface area (Å²) in [4.78, 5) is 11.0. The van der Waals surface area contributed by atoms with Crippen molar-refractivity contribution in [1.82, 2.24) is 4.90 Å². The van der Waals surface area contributed by atoms with Crippen molar-refractivity contribution in [1.29, 1.82) is 0 Å². The van der Waals surface area contributed by atoms with Gasteiger partial charge in [0.25, 0.3) is 0 Å². The molecule has 0 spiro atoms. The van der Waals surface area contributed by atoms with Gasteiger partial charge in [0, 0.05) is 12.0 Å². The molecule has 22 heavy (non-hydrogen) atoms. The molecule has 1 saturated carbocycles. The average molecular weight is 316 g/mol.